The normalized spacial score (nSPS) is 16.4. The van der Waals surface area contributed by atoms with Crippen LogP contribution >= 0.6 is 0 Å². The minimum absolute atomic E-state index is 0.0766. The molecule has 4 rings (SSSR count). The van der Waals surface area contributed by atoms with Crippen molar-refractivity contribution in [2.24, 2.45) is 5.92 Å². The third-order valence-corrected chi connectivity index (χ3v) is 22.4. The van der Waals surface area contributed by atoms with E-state index in [0.29, 0.717) is 44.9 Å². The molecule has 20 heteroatoms. The Balaban J connectivity index is 1.56. The molecule has 19 nitrogen and oxygen atoms in total. The van der Waals surface area contributed by atoms with Crippen LogP contribution in [-0.4, -0.2) is 123 Å². The van der Waals surface area contributed by atoms with Gasteiger partial charge in [0.1, 0.15) is 30.5 Å². The molecule has 1 saturated heterocycles. The minimum atomic E-state index is -5.32. The van der Waals surface area contributed by atoms with Crippen LogP contribution in [0.3, 0.4) is 0 Å². The van der Waals surface area contributed by atoms with E-state index in [1.54, 1.807) is 0 Å². The molecule has 0 radical (unpaired) electrons. The number of carbonyl (C=O) groups excluding carboxylic acids is 6. The lowest BCUT2D eigenvalue weighted by Gasteiger charge is -2.45. The van der Waals surface area contributed by atoms with Crippen molar-refractivity contribution in [1.82, 2.24) is 16.0 Å². The number of rotatable bonds is 73. The van der Waals surface area contributed by atoms with E-state index in [2.05, 4.69) is 85.3 Å². The van der Waals surface area contributed by atoms with Gasteiger partial charge in [0.25, 0.3) is 0 Å². The first-order valence-electron chi connectivity index (χ1n) is 45.2. The van der Waals surface area contributed by atoms with Crippen LogP contribution in [0.25, 0.3) is 0 Å². The predicted octanol–water partition coefficient (Wildman–Crippen LogP) is 20.7. The number of hydrogen-bond donors (Lipinski definition) is 5. The van der Waals surface area contributed by atoms with Gasteiger partial charge in [0.15, 0.2) is 6.29 Å². The molecule has 1 aliphatic rings. The van der Waals surface area contributed by atoms with Gasteiger partial charge in [-0.25, -0.2) is 4.18 Å². The Morgan fingerprint density at radius 2 is 0.717 bits per heavy atom. The standard InChI is InChI=1S/C93H153N3O16S/c1-4-7-10-13-16-19-22-31-49-64-80(108-88(101)67-52-34-25-28-40-55-77-58-43-37-44-59-77)72-85(98)94-70-71-107-93-83(75-95-86(99)73-81(65-50-32-23-20-17-14-11-8-5-2)109-89(102)68-53-35-26-29-41-56-78-60-45-38-46-61-78)91(92(84(76-97)111-93)112-113(104,105)106)96-87(100)74-82(66-51-33-24-21-18-15-12-9-6-3)110-90(103)69-54-36-27-30-42-57-79-62-47-39-48-63-79/h37-39,43-48,58-63,80-84,91-93,97H,4-36,40-42,49-57,64-76H2,1-3H3,(H,94,98)(H,95,99)(H,96,100)(H,104,105,106)/t80-,81-,82-,83?,84?,91?,92-,93-/m1/s1. The van der Waals surface area contributed by atoms with E-state index in [9.17, 15) is 46.8 Å². The lowest BCUT2D eigenvalue weighted by Crippen LogP contribution is -2.65. The molecule has 0 spiro atoms. The Bertz CT molecular complexity index is 2980. The molecule has 0 aliphatic carbocycles. The molecule has 113 heavy (non-hydrogen) atoms. The summed E-state index contributed by atoms with van der Waals surface area (Å²) in [6, 6.07) is 29.7. The molecule has 1 heterocycles. The summed E-state index contributed by atoms with van der Waals surface area (Å²) in [7, 11) is -5.32. The van der Waals surface area contributed by atoms with E-state index in [-0.39, 0.29) is 76.1 Å². The van der Waals surface area contributed by atoms with Crippen molar-refractivity contribution in [3.63, 3.8) is 0 Å². The van der Waals surface area contributed by atoms with Gasteiger partial charge < -0.3 is 44.7 Å². The molecular weight excluding hydrogens is 1450 g/mol. The maximum atomic E-state index is 14.9. The van der Waals surface area contributed by atoms with Crippen LogP contribution in [0.5, 0.6) is 0 Å². The number of hydrogen-bond acceptors (Lipinski definition) is 15. The van der Waals surface area contributed by atoms with Crippen LogP contribution in [0.2, 0.25) is 0 Å². The fourth-order valence-electron chi connectivity index (χ4n) is 15.3. The fourth-order valence-corrected chi connectivity index (χ4v) is 15.8. The lowest BCUT2D eigenvalue weighted by molar-refractivity contribution is -0.258. The Hall–Kier alpha value is -5.77. The van der Waals surface area contributed by atoms with Crippen LogP contribution in [0.15, 0.2) is 91.0 Å². The van der Waals surface area contributed by atoms with Crippen molar-refractivity contribution >= 4 is 46.0 Å². The Morgan fingerprint density at radius 1 is 0.407 bits per heavy atom. The predicted molar refractivity (Wildman–Crippen MR) is 452 cm³/mol. The van der Waals surface area contributed by atoms with E-state index >= 15 is 0 Å². The van der Waals surface area contributed by atoms with Crippen LogP contribution < -0.4 is 16.0 Å². The number of amides is 3. The summed E-state index contributed by atoms with van der Waals surface area (Å²) in [6.45, 7) is 5.09. The largest absolute Gasteiger partial charge is 0.462 e. The number of aliphatic hydroxyl groups is 1. The first kappa shape index (κ1) is 99.6. The molecule has 3 unspecified atom stereocenters. The number of unbranched alkanes of at least 4 members (excludes halogenated alkanes) is 36. The summed E-state index contributed by atoms with van der Waals surface area (Å²) < 4.78 is 72.6. The van der Waals surface area contributed by atoms with E-state index in [4.69, 9.17) is 27.9 Å². The highest BCUT2D eigenvalue weighted by atomic mass is 32.3. The number of aliphatic hydroxyl groups excluding tert-OH is 1. The molecule has 0 aromatic heterocycles. The number of carbonyl (C=O) groups is 6. The van der Waals surface area contributed by atoms with E-state index in [0.717, 1.165) is 186 Å². The van der Waals surface area contributed by atoms with Gasteiger partial charge in [0.05, 0.1) is 44.4 Å². The average Bonchev–Trinajstić information content (AvgIpc) is 0.782. The molecule has 8 atom stereocenters. The Labute approximate surface area is 683 Å². The molecule has 642 valence electrons. The lowest BCUT2D eigenvalue weighted by atomic mass is 9.87. The maximum absolute atomic E-state index is 14.9. The number of nitrogens with one attached hydrogen (secondary N) is 3. The van der Waals surface area contributed by atoms with E-state index in [1.807, 2.05) is 42.5 Å². The van der Waals surface area contributed by atoms with Crippen LogP contribution in [-0.2, 0) is 86.3 Å². The zero-order chi connectivity index (χ0) is 81.3. The average molecular weight is 1600 g/mol. The molecule has 3 amide bonds. The zero-order valence-corrected chi connectivity index (χ0v) is 71.1. The number of ether oxygens (including phenoxy) is 5. The van der Waals surface area contributed by atoms with Gasteiger partial charge in [-0.3, -0.25) is 33.3 Å². The molecular formula is C93H153N3O16S. The SMILES string of the molecule is CCCCCCCCCCC[C@H](CC(=O)NCCO[C@@H]1OC(CO)[C@@H](OS(=O)(=O)O)C(NC(=O)C[C@@H](CCCCCCCCCCC)OC(=O)CCCCCCCc2ccccc2)C1CNC(=O)C[C@@H](CCCCCCCCCCC)OC(=O)CCCCCCCc1ccccc1)OC(=O)CCCCCCCc1ccccc1. The summed E-state index contributed by atoms with van der Waals surface area (Å²) in [4.78, 5) is 84.1. The fraction of sp³-hybridized carbons (Fsp3) is 0.742. The Kier molecular flexibility index (Phi) is 58.4. The second kappa shape index (κ2) is 66.3. The molecule has 5 N–H and O–H groups in total. The first-order chi connectivity index (χ1) is 55.1. The molecule has 3 aromatic rings. The van der Waals surface area contributed by atoms with Crippen molar-refractivity contribution < 1.29 is 74.7 Å². The van der Waals surface area contributed by atoms with E-state index < -0.39 is 83.6 Å². The summed E-state index contributed by atoms with van der Waals surface area (Å²) in [5.74, 6) is -3.93. The van der Waals surface area contributed by atoms with Crippen molar-refractivity contribution in [2.45, 2.75) is 410 Å². The minimum Gasteiger partial charge on any atom is -0.462 e. The zero-order valence-electron chi connectivity index (χ0n) is 70.3. The van der Waals surface area contributed by atoms with Gasteiger partial charge in [0, 0.05) is 32.4 Å². The van der Waals surface area contributed by atoms with Crippen molar-refractivity contribution in [1.29, 1.82) is 0 Å². The second-order valence-corrected chi connectivity index (χ2v) is 33.1. The maximum Gasteiger partial charge on any atom is 0.397 e. The van der Waals surface area contributed by atoms with Gasteiger partial charge in [-0.05, 0) is 113 Å². The summed E-state index contributed by atoms with van der Waals surface area (Å²) in [5, 5.41) is 19.8. The van der Waals surface area contributed by atoms with Crippen LogP contribution in [0.1, 0.15) is 365 Å². The quantitative estimate of drug-likeness (QED) is 0.0152. The van der Waals surface area contributed by atoms with Crippen LogP contribution in [0.4, 0.5) is 0 Å². The molecule has 1 aliphatic heterocycles. The summed E-state index contributed by atoms with van der Waals surface area (Å²) in [6.07, 6.45) is 40.2. The highest BCUT2D eigenvalue weighted by molar-refractivity contribution is 7.80. The topological polar surface area (TPSA) is 268 Å². The molecule has 3 aromatic carbocycles. The van der Waals surface area contributed by atoms with Gasteiger partial charge in [-0.15, -0.1) is 0 Å². The van der Waals surface area contributed by atoms with Gasteiger partial charge in [-0.1, -0.05) is 324 Å². The third-order valence-electron chi connectivity index (χ3n) is 21.9. The molecule has 0 bridgehead atoms. The van der Waals surface area contributed by atoms with Crippen LogP contribution in [0, 0.1) is 5.92 Å². The van der Waals surface area contributed by atoms with Crippen molar-refractivity contribution in [3.8, 4) is 0 Å². The van der Waals surface area contributed by atoms with Gasteiger partial charge in [-0.2, -0.15) is 8.42 Å². The molecule has 0 saturated carbocycles. The van der Waals surface area contributed by atoms with E-state index in [1.165, 1.54) is 93.7 Å². The number of aryl methyl sites for hydroxylation is 3. The number of benzene rings is 3. The van der Waals surface area contributed by atoms with Crippen molar-refractivity contribution in [3.05, 3.63) is 108 Å². The van der Waals surface area contributed by atoms with Gasteiger partial charge in [0.2, 0.25) is 17.7 Å². The van der Waals surface area contributed by atoms with Crippen molar-refractivity contribution in [2.75, 3.05) is 26.3 Å². The number of esters is 3. The smallest absolute Gasteiger partial charge is 0.397 e. The highest BCUT2D eigenvalue weighted by Crippen LogP contribution is 2.32. The third kappa shape index (κ3) is 52.5. The summed E-state index contributed by atoms with van der Waals surface area (Å²) in [5.41, 5.74) is 3.92. The monoisotopic (exact) mass is 1600 g/mol. The first-order valence-corrected chi connectivity index (χ1v) is 46.5. The molecule has 1 fully saturated rings. The summed E-state index contributed by atoms with van der Waals surface area (Å²) >= 11 is 0. The Morgan fingerprint density at radius 3 is 1.05 bits per heavy atom. The highest BCUT2D eigenvalue weighted by Gasteiger charge is 2.50. The van der Waals surface area contributed by atoms with Gasteiger partial charge >= 0.3 is 28.3 Å². The second-order valence-electron chi connectivity index (χ2n) is 32.1.